The van der Waals surface area contributed by atoms with Gasteiger partial charge in [-0.15, -0.1) is 0 Å². The Hall–Kier alpha value is -1.83. The Morgan fingerprint density at radius 1 is 1.25 bits per heavy atom. The number of benzene rings is 1. The van der Waals surface area contributed by atoms with E-state index in [9.17, 15) is 13.2 Å². The van der Waals surface area contributed by atoms with Crippen LogP contribution < -0.4 is 5.84 Å². The summed E-state index contributed by atoms with van der Waals surface area (Å²) in [5.41, 5.74) is -0.00810. The number of hydrogen-bond donors (Lipinski definition) is 2. The molecule has 0 radical (unpaired) electrons. The molecule has 1 heterocycles. The van der Waals surface area contributed by atoms with Gasteiger partial charge < -0.3 is 5.84 Å². The fourth-order valence-corrected chi connectivity index (χ4v) is 1.33. The van der Waals surface area contributed by atoms with Crippen molar-refractivity contribution in [3.63, 3.8) is 0 Å². The largest absolute Gasteiger partial charge is 0.335 e. The molecule has 0 bridgehead atoms. The first kappa shape index (κ1) is 10.7. The average molecular weight is 246 g/mol. The van der Waals surface area contributed by atoms with E-state index in [4.69, 9.17) is 18.1 Å². The first-order chi connectivity index (χ1) is 7.50. The number of hydrogen-bond acceptors (Lipinski definition) is 3. The van der Waals surface area contributed by atoms with E-state index in [0.29, 0.717) is 0 Å². The lowest BCUT2D eigenvalue weighted by Gasteiger charge is -2.02. The van der Waals surface area contributed by atoms with Gasteiger partial charge in [0.1, 0.15) is 0 Å². The number of nitrogen functional groups attached to an aromatic ring is 1. The van der Waals surface area contributed by atoms with Gasteiger partial charge in [-0.25, -0.2) is 22.9 Å². The Kier molecular flexibility index (Phi) is 2.43. The molecule has 2 rings (SSSR count). The highest BCUT2D eigenvalue weighted by Crippen LogP contribution is 2.21. The van der Waals surface area contributed by atoms with Crippen molar-refractivity contribution in [1.82, 2.24) is 14.9 Å². The Balaban J connectivity index is 2.66. The lowest BCUT2D eigenvalue weighted by molar-refractivity contribution is 0.447. The second-order valence-corrected chi connectivity index (χ2v) is 3.36. The monoisotopic (exact) mass is 246 g/mol. The van der Waals surface area contributed by atoms with E-state index in [2.05, 4.69) is 10.2 Å². The molecule has 1 aromatic carbocycles. The van der Waals surface area contributed by atoms with Crippen LogP contribution in [0.1, 0.15) is 0 Å². The predicted molar refractivity (Wildman–Crippen MR) is 52.9 cm³/mol. The molecule has 1 aromatic heterocycles. The summed E-state index contributed by atoms with van der Waals surface area (Å²) in [6.07, 6.45) is 0. The highest BCUT2D eigenvalue weighted by molar-refractivity contribution is 7.71. The minimum Gasteiger partial charge on any atom is -0.335 e. The van der Waals surface area contributed by atoms with Gasteiger partial charge in [0, 0.05) is 5.56 Å². The molecule has 0 aliphatic carbocycles. The third-order valence-electron chi connectivity index (χ3n) is 1.95. The molecule has 16 heavy (non-hydrogen) atoms. The molecule has 84 valence electrons. The van der Waals surface area contributed by atoms with Gasteiger partial charge in [-0.2, -0.15) is 5.10 Å². The summed E-state index contributed by atoms with van der Waals surface area (Å²) in [5, 5.41) is 6.00. The minimum atomic E-state index is -1.54. The van der Waals surface area contributed by atoms with Crippen molar-refractivity contribution in [1.29, 1.82) is 0 Å². The van der Waals surface area contributed by atoms with Crippen molar-refractivity contribution < 1.29 is 13.2 Å². The van der Waals surface area contributed by atoms with Crippen LogP contribution in [0.25, 0.3) is 11.4 Å². The summed E-state index contributed by atoms with van der Waals surface area (Å²) in [6.45, 7) is 0. The SMILES string of the molecule is Nn1c(-c2cc(F)c(F)c(F)c2)n[nH]c1=S. The normalized spacial score (nSPS) is 10.7. The Bertz CT molecular complexity index is 581. The molecule has 4 nitrogen and oxygen atoms in total. The quantitative estimate of drug-likeness (QED) is 0.457. The lowest BCUT2D eigenvalue weighted by atomic mass is 10.2. The molecule has 0 aliphatic heterocycles. The molecule has 0 aliphatic rings. The van der Waals surface area contributed by atoms with Crippen LogP contribution in [0.3, 0.4) is 0 Å². The molecule has 0 saturated heterocycles. The smallest absolute Gasteiger partial charge is 0.214 e. The van der Waals surface area contributed by atoms with E-state index < -0.39 is 17.5 Å². The van der Waals surface area contributed by atoms with Crippen LogP contribution in [0.2, 0.25) is 0 Å². The standard InChI is InChI=1S/C8H5F3N4S/c9-4-1-3(2-5(10)6(4)11)7-13-14-8(16)15(7)12/h1-2H,12H2,(H,14,16). The summed E-state index contributed by atoms with van der Waals surface area (Å²) in [5.74, 6) is 1.30. The third-order valence-corrected chi connectivity index (χ3v) is 2.23. The Labute approximate surface area is 92.5 Å². The number of nitrogens with zero attached hydrogens (tertiary/aromatic N) is 2. The second-order valence-electron chi connectivity index (χ2n) is 2.98. The molecule has 0 amide bonds. The molecular formula is C8H5F3N4S. The molecule has 2 aromatic rings. The molecule has 8 heteroatoms. The molecule has 3 N–H and O–H groups in total. The molecule has 0 unspecified atom stereocenters. The van der Waals surface area contributed by atoms with Crippen molar-refractivity contribution in [3.8, 4) is 11.4 Å². The fraction of sp³-hybridized carbons (Fsp3) is 0. The van der Waals surface area contributed by atoms with Crippen LogP contribution in [0.5, 0.6) is 0 Å². The Morgan fingerprint density at radius 2 is 1.81 bits per heavy atom. The van der Waals surface area contributed by atoms with Gasteiger partial charge >= 0.3 is 0 Å². The van der Waals surface area contributed by atoms with E-state index in [-0.39, 0.29) is 16.2 Å². The van der Waals surface area contributed by atoms with Gasteiger partial charge in [0.15, 0.2) is 23.3 Å². The lowest BCUT2D eigenvalue weighted by Crippen LogP contribution is -2.10. The molecule has 0 atom stereocenters. The van der Waals surface area contributed by atoms with Gasteiger partial charge in [0.05, 0.1) is 0 Å². The van der Waals surface area contributed by atoms with Crippen molar-refractivity contribution in [2.24, 2.45) is 0 Å². The summed E-state index contributed by atoms with van der Waals surface area (Å²) in [6, 6.07) is 1.57. The van der Waals surface area contributed by atoms with Crippen molar-refractivity contribution >= 4 is 12.2 Å². The Morgan fingerprint density at radius 3 is 2.25 bits per heavy atom. The number of rotatable bonds is 1. The zero-order chi connectivity index (χ0) is 11.9. The number of aromatic nitrogens is 3. The summed E-state index contributed by atoms with van der Waals surface area (Å²) in [7, 11) is 0. The topological polar surface area (TPSA) is 59.6 Å². The third kappa shape index (κ3) is 1.56. The predicted octanol–water partition coefficient (Wildman–Crippen LogP) is 1.74. The maximum absolute atomic E-state index is 12.9. The number of aromatic amines is 1. The highest BCUT2D eigenvalue weighted by Gasteiger charge is 2.14. The van der Waals surface area contributed by atoms with Gasteiger partial charge in [-0.3, -0.25) is 0 Å². The van der Waals surface area contributed by atoms with E-state index in [1.54, 1.807) is 0 Å². The number of nitrogens with two attached hydrogens (primary N) is 1. The first-order valence-electron chi connectivity index (χ1n) is 4.08. The zero-order valence-corrected chi connectivity index (χ0v) is 8.49. The average Bonchev–Trinajstić information content (AvgIpc) is 2.56. The van der Waals surface area contributed by atoms with Gasteiger partial charge in [-0.05, 0) is 24.4 Å². The fourth-order valence-electron chi connectivity index (χ4n) is 1.19. The van der Waals surface area contributed by atoms with E-state index in [0.717, 1.165) is 16.8 Å². The van der Waals surface area contributed by atoms with Gasteiger partial charge in [0.2, 0.25) is 4.77 Å². The van der Waals surface area contributed by atoms with Crippen molar-refractivity contribution in [3.05, 3.63) is 34.4 Å². The molecule has 0 fully saturated rings. The van der Waals surface area contributed by atoms with Crippen LogP contribution in [-0.4, -0.2) is 14.9 Å². The maximum Gasteiger partial charge on any atom is 0.214 e. The van der Waals surface area contributed by atoms with Crippen LogP contribution in [0, 0.1) is 22.2 Å². The van der Waals surface area contributed by atoms with Crippen LogP contribution >= 0.6 is 12.2 Å². The summed E-state index contributed by atoms with van der Waals surface area (Å²) in [4.78, 5) is 0. The number of nitrogens with one attached hydrogen (secondary N) is 1. The number of H-pyrrole nitrogens is 1. The van der Waals surface area contributed by atoms with Gasteiger partial charge in [-0.1, -0.05) is 0 Å². The van der Waals surface area contributed by atoms with Crippen LogP contribution in [-0.2, 0) is 0 Å². The molecular weight excluding hydrogens is 241 g/mol. The van der Waals surface area contributed by atoms with Crippen LogP contribution in [0.15, 0.2) is 12.1 Å². The second kappa shape index (κ2) is 3.63. The molecule has 0 spiro atoms. The van der Waals surface area contributed by atoms with Crippen molar-refractivity contribution in [2.75, 3.05) is 5.84 Å². The van der Waals surface area contributed by atoms with E-state index in [1.165, 1.54) is 0 Å². The van der Waals surface area contributed by atoms with E-state index >= 15 is 0 Å². The summed E-state index contributed by atoms with van der Waals surface area (Å²) >= 11 is 4.72. The van der Waals surface area contributed by atoms with Gasteiger partial charge in [0.25, 0.3) is 0 Å². The highest BCUT2D eigenvalue weighted by atomic mass is 32.1. The number of halogens is 3. The maximum atomic E-state index is 12.9. The molecule has 0 saturated carbocycles. The van der Waals surface area contributed by atoms with Crippen molar-refractivity contribution in [2.45, 2.75) is 0 Å². The van der Waals surface area contributed by atoms with E-state index in [1.807, 2.05) is 0 Å². The first-order valence-corrected chi connectivity index (χ1v) is 4.49. The summed E-state index contributed by atoms with van der Waals surface area (Å²) < 4.78 is 39.6. The minimum absolute atomic E-state index is 0.00810. The van der Waals surface area contributed by atoms with Crippen LogP contribution in [0.4, 0.5) is 13.2 Å². The zero-order valence-electron chi connectivity index (χ0n) is 7.67.